The van der Waals surface area contributed by atoms with E-state index < -0.39 is 10.0 Å². The molecule has 1 heterocycles. The summed E-state index contributed by atoms with van der Waals surface area (Å²) in [5.41, 5.74) is 2.17. The molecule has 0 aromatic heterocycles. The third-order valence-electron chi connectivity index (χ3n) is 4.06. The Balaban J connectivity index is 2.22. The van der Waals surface area contributed by atoms with Crippen molar-refractivity contribution >= 4 is 27.5 Å². The van der Waals surface area contributed by atoms with E-state index in [9.17, 15) is 8.42 Å². The average molecular weight is 329 g/mol. The Bertz CT molecular complexity index is 587. The molecule has 1 aliphatic heterocycles. The zero-order chi connectivity index (χ0) is 15.5. The molecule has 0 aliphatic carbocycles. The number of hydrogen-bond donors (Lipinski definition) is 1. The molecule has 4 nitrogen and oxygen atoms in total. The van der Waals surface area contributed by atoms with E-state index >= 15 is 0 Å². The van der Waals surface area contributed by atoms with Gasteiger partial charge in [0.1, 0.15) is 0 Å². The Morgan fingerprint density at radius 2 is 2.19 bits per heavy atom. The van der Waals surface area contributed by atoms with Crippen molar-refractivity contribution in [3.63, 3.8) is 0 Å². The summed E-state index contributed by atoms with van der Waals surface area (Å²) in [6.07, 6.45) is 5.02. The monoisotopic (exact) mass is 328 g/mol. The van der Waals surface area contributed by atoms with E-state index in [1.165, 1.54) is 9.87 Å². The number of anilines is 1. The van der Waals surface area contributed by atoms with Gasteiger partial charge in [0.25, 0.3) is 0 Å². The zero-order valence-electron chi connectivity index (χ0n) is 12.9. The maximum atomic E-state index is 12.7. The fraction of sp³-hybridized carbons (Fsp3) is 0.600. The van der Waals surface area contributed by atoms with Crippen LogP contribution in [0.2, 0.25) is 0 Å². The van der Waals surface area contributed by atoms with E-state index in [-0.39, 0.29) is 6.04 Å². The molecule has 0 spiro atoms. The van der Waals surface area contributed by atoms with Crippen LogP contribution in [0.3, 0.4) is 0 Å². The van der Waals surface area contributed by atoms with Crippen molar-refractivity contribution < 1.29 is 8.42 Å². The second-order valence-corrected chi connectivity index (χ2v) is 8.48. The molecular weight excluding hydrogens is 304 g/mol. The molecule has 6 heteroatoms. The summed E-state index contributed by atoms with van der Waals surface area (Å²) in [4.78, 5) is 0.383. The standard InChI is InChI=1S/C15H24N2O2S2/c1-12(8-10-20-3)17(2)21(18,19)14-7-6-13-5-4-9-16-15(13)11-14/h6-7,11-12,16H,4-5,8-10H2,1-3H3. The highest BCUT2D eigenvalue weighted by atomic mass is 32.2. The fourth-order valence-electron chi connectivity index (χ4n) is 2.47. The van der Waals surface area contributed by atoms with Gasteiger partial charge >= 0.3 is 0 Å². The predicted molar refractivity (Wildman–Crippen MR) is 90.7 cm³/mol. The maximum absolute atomic E-state index is 12.7. The number of nitrogens with one attached hydrogen (secondary N) is 1. The predicted octanol–water partition coefficient (Wildman–Crippen LogP) is 2.81. The van der Waals surface area contributed by atoms with Gasteiger partial charge in [0.15, 0.2) is 0 Å². The summed E-state index contributed by atoms with van der Waals surface area (Å²) >= 11 is 1.74. The summed E-state index contributed by atoms with van der Waals surface area (Å²) in [6, 6.07) is 5.46. The van der Waals surface area contributed by atoms with Crippen molar-refractivity contribution in [3.05, 3.63) is 23.8 Å². The quantitative estimate of drug-likeness (QED) is 0.872. The number of thioether (sulfide) groups is 1. The summed E-state index contributed by atoms with van der Waals surface area (Å²) in [5.74, 6) is 0.965. The molecular formula is C15H24N2O2S2. The van der Waals surface area contributed by atoms with Crippen molar-refractivity contribution in [3.8, 4) is 0 Å². The van der Waals surface area contributed by atoms with Crippen molar-refractivity contribution in [2.24, 2.45) is 0 Å². The van der Waals surface area contributed by atoms with Crippen LogP contribution in [0.15, 0.2) is 23.1 Å². The lowest BCUT2D eigenvalue weighted by Gasteiger charge is -2.25. The highest BCUT2D eigenvalue weighted by Crippen LogP contribution is 2.27. The topological polar surface area (TPSA) is 49.4 Å². The maximum Gasteiger partial charge on any atom is 0.243 e. The van der Waals surface area contributed by atoms with Crippen LogP contribution in [0.1, 0.15) is 25.3 Å². The molecule has 21 heavy (non-hydrogen) atoms. The van der Waals surface area contributed by atoms with Gasteiger partial charge in [0.05, 0.1) is 4.90 Å². The summed E-state index contributed by atoms with van der Waals surface area (Å²) in [5, 5.41) is 3.29. The first kappa shape index (κ1) is 16.6. The van der Waals surface area contributed by atoms with Gasteiger partial charge in [-0.2, -0.15) is 16.1 Å². The van der Waals surface area contributed by atoms with E-state index in [0.717, 1.165) is 37.2 Å². The Morgan fingerprint density at radius 1 is 1.43 bits per heavy atom. The van der Waals surface area contributed by atoms with Crippen LogP contribution in [0.25, 0.3) is 0 Å². The van der Waals surface area contributed by atoms with Crippen LogP contribution < -0.4 is 5.32 Å². The number of aryl methyl sites for hydroxylation is 1. The third kappa shape index (κ3) is 3.73. The Labute approximate surface area is 132 Å². The van der Waals surface area contributed by atoms with Gasteiger partial charge < -0.3 is 5.32 Å². The number of hydrogen-bond acceptors (Lipinski definition) is 4. The second-order valence-electron chi connectivity index (χ2n) is 5.50. The van der Waals surface area contributed by atoms with Gasteiger partial charge in [-0.15, -0.1) is 0 Å². The first-order chi connectivity index (χ1) is 9.96. The number of sulfonamides is 1. The third-order valence-corrected chi connectivity index (χ3v) is 6.67. The van der Waals surface area contributed by atoms with Gasteiger partial charge in [-0.25, -0.2) is 8.42 Å². The van der Waals surface area contributed by atoms with Gasteiger partial charge in [-0.1, -0.05) is 6.07 Å². The lowest BCUT2D eigenvalue weighted by molar-refractivity contribution is 0.382. The number of nitrogens with zero attached hydrogens (tertiary/aromatic N) is 1. The van der Waals surface area contributed by atoms with Gasteiger partial charge in [0.2, 0.25) is 10.0 Å². The number of fused-ring (bicyclic) bond motifs is 1. The molecule has 0 saturated heterocycles. The largest absolute Gasteiger partial charge is 0.385 e. The second kappa shape index (κ2) is 7.03. The van der Waals surface area contributed by atoms with Crippen molar-refractivity contribution in [2.45, 2.75) is 37.1 Å². The van der Waals surface area contributed by atoms with Crippen molar-refractivity contribution in [1.82, 2.24) is 4.31 Å². The lowest BCUT2D eigenvalue weighted by Crippen LogP contribution is -2.35. The van der Waals surface area contributed by atoms with E-state index in [0.29, 0.717) is 4.90 Å². The van der Waals surface area contributed by atoms with Crippen LogP contribution in [0, 0.1) is 0 Å². The zero-order valence-corrected chi connectivity index (χ0v) is 14.6. The minimum Gasteiger partial charge on any atom is -0.385 e. The van der Waals surface area contributed by atoms with Crippen molar-refractivity contribution in [2.75, 3.05) is 30.9 Å². The van der Waals surface area contributed by atoms with Gasteiger partial charge in [-0.05, 0) is 55.9 Å². The molecule has 0 fully saturated rings. The van der Waals surface area contributed by atoms with Gasteiger partial charge in [-0.3, -0.25) is 0 Å². The molecule has 1 aliphatic rings. The first-order valence-electron chi connectivity index (χ1n) is 7.30. The molecule has 0 amide bonds. The normalized spacial score (nSPS) is 16.4. The number of rotatable bonds is 6. The van der Waals surface area contributed by atoms with E-state index in [1.807, 2.05) is 19.2 Å². The summed E-state index contributed by atoms with van der Waals surface area (Å²) < 4.78 is 26.9. The van der Waals surface area contributed by atoms with E-state index in [2.05, 4.69) is 5.32 Å². The molecule has 1 aromatic rings. The van der Waals surface area contributed by atoms with Crippen LogP contribution in [-0.2, 0) is 16.4 Å². The Kier molecular flexibility index (Phi) is 5.57. The highest BCUT2D eigenvalue weighted by molar-refractivity contribution is 7.98. The Morgan fingerprint density at radius 3 is 2.90 bits per heavy atom. The molecule has 118 valence electrons. The molecule has 1 atom stereocenters. The molecule has 0 saturated carbocycles. The SMILES string of the molecule is CSCCC(C)N(C)S(=O)(=O)c1ccc2c(c1)NCCC2. The first-order valence-corrected chi connectivity index (χ1v) is 10.1. The minimum absolute atomic E-state index is 0.00596. The number of benzene rings is 1. The molecule has 0 bridgehead atoms. The Hall–Kier alpha value is -0.720. The smallest absolute Gasteiger partial charge is 0.243 e. The van der Waals surface area contributed by atoms with E-state index in [1.54, 1.807) is 30.9 Å². The van der Waals surface area contributed by atoms with Crippen LogP contribution in [-0.4, -0.2) is 44.4 Å². The van der Waals surface area contributed by atoms with E-state index in [4.69, 9.17) is 0 Å². The molecule has 1 unspecified atom stereocenters. The summed E-state index contributed by atoms with van der Waals surface area (Å²) in [6.45, 7) is 2.88. The summed E-state index contributed by atoms with van der Waals surface area (Å²) in [7, 11) is -1.74. The average Bonchev–Trinajstić information content (AvgIpc) is 2.51. The molecule has 0 radical (unpaired) electrons. The molecule has 1 aromatic carbocycles. The van der Waals surface area contributed by atoms with Gasteiger partial charge in [0, 0.05) is 25.3 Å². The fourth-order valence-corrected chi connectivity index (χ4v) is 4.47. The molecule has 2 rings (SSSR count). The van der Waals surface area contributed by atoms with Crippen LogP contribution in [0.4, 0.5) is 5.69 Å². The van der Waals surface area contributed by atoms with Crippen LogP contribution in [0.5, 0.6) is 0 Å². The minimum atomic E-state index is -3.42. The molecule has 1 N–H and O–H groups in total. The van der Waals surface area contributed by atoms with Crippen molar-refractivity contribution in [1.29, 1.82) is 0 Å². The highest BCUT2D eigenvalue weighted by Gasteiger charge is 2.26. The van der Waals surface area contributed by atoms with Crippen LogP contribution >= 0.6 is 11.8 Å². The lowest BCUT2D eigenvalue weighted by atomic mass is 10.0.